The Morgan fingerprint density at radius 1 is 1.10 bits per heavy atom. The summed E-state index contributed by atoms with van der Waals surface area (Å²) in [5, 5.41) is 14.6. The maximum Gasteiger partial charge on any atom is 0.407 e. The molecule has 0 aliphatic heterocycles. The standard InChI is InChI=1S/C14H28N2O4/c1-13(2,3)7-8-15-11(18)10(17)9-16-12(19)20-14(4,5)6/h10,17H,7-9H2,1-6H3,(H,15,18)(H,16,19). The van der Waals surface area contributed by atoms with E-state index in [1.165, 1.54) is 0 Å². The predicted octanol–water partition coefficient (Wildman–Crippen LogP) is 1.42. The molecule has 0 bridgehead atoms. The summed E-state index contributed by atoms with van der Waals surface area (Å²) in [6.07, 6.45) is -1.12. The SMILES string of the molecule is CC(C)(C)CCNC(=O)C(O)CNC(=O)OC(C)(C)C. The number of rotatable bonds is 5. The highest BCUT2D eigenvalue weighted by atomic mass is 16.6. The minimum absolute atomic E-state index is 0.118. The van der Waals surface area contributed by atoms with E-state index in [1.807, 2.05) is 0 Å². The largest absolute Gasteiger partial charge is 0.444 e. The van der Waals surface area contributed by atoms with Crippen LogP contribution in [-0.2, 0) is 9.53 Å². The van der Waals surface area contributed by atoms with Crippen molar-refractivity contribution in [1.82, 2.24) is 10.6 Å². The topological polar surface area (TPSA) is 87.7 Å². The molecule has 0 saturated carbocycles. The Morgan fingerprint density at radius 2 is 1.65 bits per heavy atom. The molecule has 2 amide bonds. The van der Waals surface area contributed by atoms with E-state index in [0.717, 1.165) is 6.42 Å². The lowest BCUT2D eigenvalue weighted by atomic mass is 9.92. The highest BCUT2D eigenvalue weighted by Gasteiger charge is 2.20. The number of ether oxygens (including phenoxy) is 1. The smallest absolute Gasteiger partial charge is 0.407 e. The van der Waals surface area contributed by atoms with Crippen LogP contribution in [-0.4, -0.2) is 41.9 Å². The third-order valence-corrected chi connectivity index (χ3v) is 2.32. The van der Waals surface area contributed by atoms with Crippen molar-refractivity contribution in [2.75, 3.05) is 13.1 Å². The monoisotopic (exact) mass is 288 g/mol. The Hall–Kier alpha value is -1.30. The summed E-state index contributed by atoms with van der Waals surface area (Å²) in [6.45, 7) is 11.7. The highest BCUT2D eigenvalue weighted by molar-refractivity contribution is 5.81. The third kappa shape index (κ3) is 10.6. The van der Waals surface area contributed by atoms with Crippen LogP contribution in [0.15, 0.2) is 0 Å². The first-order valence-corrected chi connectivity index (χ1v) is 6.83. The zero-order valence-electron chi connectivity index (χ0n) is 13.4. The third-order valence-electron chi connectivity index (χ3n) is 2.32. The molecular formula is C14H28N2O4. The van der Waals surface area contributed by atoms with Gasteiger partial charge in [0.15, 0.2) is 0 Å². The van der Waals surface area contributed by atoms with Crippen molar-refractivity contribution in [3.05, 3.63) is 0 Å². The number of nitrogens with one attached hydrogen (secondary N) is 2. The number of aliphatic hydroxyl groups is 1. The van der Waals surface area contributed by atoms with E-state index in [2.05, 4.69) is 31.4 Å². The van der Waals surface area contributed by atoms with Crippen molar-refractivity contribution < 1.29 is 19.4 Å². The van der Waals surface area contributed by atoms with Gasteiger partial charge in [-0.25, -0.2) is 4.79 Å². The normalized spacial score (nSPS) is 13.6. The average Bonchev–Trinajstić information content (AvgIpc) is 2.21. The molecule has 118 valence electrons. The maximum atomic E-state index is 11.6. The Bertz CT molecular complexity index is 329. The maximum absolute atomic E-state index is 11.6. The number of carbonyl (C=O) groups excluding carboxylic acids is 2. The Labute approximate surface area is 121 Å². The second-order valence-electron chi connectivity index (χ2n) is 7.00. The molecule has 0 aliphatic rings. The van der Waals surface area contributed by atoms with Gasteiger partial charge in [0.05, 0.1) is 6.54 Å². The van der Waals surface area contributed by atoms with Crippen molar-refractivity contribution >= 4 is 12.0 Å². The van der Waals surface area contributed by atoms with Gasteiger partial charge in [-0.2, -0.15) is 0 Å². The van der Waals surface area contributed by atoms with E-state index in [4.69, 9.17) is 4.74 Å². The van der Waals surface area contributed by atoms with Crippen LogP contribution in [0.2, 0.25) is 0 Å². The zero-order valence-corrected chi connectivity index (χ0v) is 13.4. The molecule has 0 aromatic carbocycles. The van der Waals surface area contributed by atoms with Crippen molar-refractivity contribution in [2.45, 2.75) is 59.7 Å². The molecule has 6 heteroatoms. The summed E-state index contributed by atoms with van der Waals surface area (Å²) in [4.78, 5) is 22.9. The lowest BCUT2D eigenvalue weighted by Gasteiger charge is -2.21. The van der Waals surface area contributed by atoms with Gasteiger partial charge in [-0.05, 0) is 32.6 Å². The summed E-state index contributed by atoms with van der Waals surface area (Å²) < 4.78 is 5.00. The van der Waals surface area contributed by atoms with Crippen LogP contribution in [0, 0.1) is 5.41 Å². The van der Waals surface area contributed by atoms with Crippen molar-refractivity contribution in [3.8, 4) is 0 Å². The zero-order chi connectivity index (χ0) is 16.0. The number of alkyl carbamates (subject to hydrolysis) is 1. The van der Waals surface area contributed by atoms with E-state index >= 15 is 0 Å². The van der Waals surface area contributed by atoms with Crippen LogP contribution in [0.3, 0.4) is 0 Å². The summed E-state index contributed by atoms with van der Waals surface area (Å²) in [5.74, 6) is -0.495. The minimum Gasteiger partial charge on any atom is -0.444 e. The van der Waals surface area contributed by atoms with Gasteiger partial charge in [0.2, 0.25) is 0 Å². The fraction of sp³-hybridized carbons (Fsp3) is 0.857. The quantitative estimate of drug-likeness (QED) is 0.714. The first kappa shape index (κ1) is 18.7. The first-order valence-electron chi connectivity index (χ1n) is 6.83. The van der Waals surface area contributed by atoms with Crippen LogP contribution in [0.5, 0.6) is 0 Å². The average molecular weight is 288 g/mol. The Balaban J connectivity index is 3.94. The molecule has 0 rings (SSSR count). The molecule has 0 radical (unpaired) electrons. The molecule has 0 heterocycles. The van der Waals surface area contributed by atoms with E-state index in [-0.39, 0.29) is 12.0 Å². The number of amides is 2. The van der Waals surface area contributed by atoms with Gasteiger partial charge in [-0.1, -0.05) is 20.8 Å². The van der Waals surface area contributed by atoms with Crippen LogP contribution < -0.4 is 10.6 Å². The number of carbonyl (C=O) groups is 2. The summed E-state index contributed by atoms with van der Waals surface area (Å²) in [7, 11) is 0. The Kier molecular flexibility index (Phi) is 6.99. The molecule has 1 unspecified atom stereocenters. The van der Waals surface area contributed by atoms with E-state index in [0.29, 0.717) is 6.54 Å². The fourth-order valence-corrected chi connectivity index (χ4v) is 1.27. The molecule has 0 aromatic heterocycles. The van der Waals surface area contributed by atoms with Gasteiger partial charge in [0.1, 0.15) is 11.7 Å². The van der Waals surface area contributed by atoms with Crippen molar-refractivity contribution in [2.24, 2.45) is 5.41 Å². The summed E-state index contributed by atoms with van der Waals surface area (Å²) in [5.41, 5.74) is -0.489. The minimum atomic E-state index is -1.28. The molecule has 6 nitrogen and oxygen atoms in total. The number of aliphatic hydroxyl groups excluding tert-OH is 1. The Morgan fingerprint density at radius 3 is 2.10 bits per heavy atom. The van der Waals surface area contributed by atoms with Crippen molar-refractivity contribution in [3.63, 3.8) is 0 Å². The van der Waals surface area contributed by atoms with Crippen LogP contribution >= 0.6 is 0 Å². The van der Waals surface area contributed by atoms with Gasteiger partial charge in [0, 0.05) is 6.54 Å². The van der Waals surface area contributed by atoms with Crippen LogP contribution in [0.25, 0.3) is 0 Å². The van der Waals surface area contributed by atoms with E-state index in [1.54, 1.807) is 20.8 Å². The summed E-state index contributed by atoms with van der Waals surface area (Å²) in [6, 6.07) is 0. The van der Waals surface area contributed by atoms with Crippen LogP contribution in [0.4, 0.5) is 4.79 Å². The molecule has 0 spiro atoms. The molecule has 0 saturated heterocycles. The summed E-state index contributed by atoms with van der Waals surface area (Å²) >= 11 is 0. The van der Waals surface area contributed by atoms with Gasteiger partial charge >= 0.3 is 6.09 Å². The molecule has 0 aromatic rings. The molecular weight excluding hydrogens is 260 g/mol. The highest BCUT2D eigenvalue weighted by Crippen LogP contribution is 2.16. The predicted molar refractivity (Wildman–Crippen MR) is 77.3 cm³/mol. The second-order valence-corrected chi connectivity index (χ2v) is 7.00. The number of hydrogen-bond acceptors (Lipinski definition) is 4. The molecule has 0 aliphatic carbocycles. The second kappa shape index (κ2) is 7.47. The lowest BCUT2D eigenvalue weighted by Crippen LogP contribution is -2.44. The van der Waals surface area contributed by atoms with Gasteiger partial charge < -0.3 is 20.5 Å². The molecule has 1 atom stereocenters. The van der Waals surface area contributed by atoms with Crippen LogP contribution in [0.1, 0.15) is 48.0 Å². The lowest BCUT2D eigenvalue weighted by molar-refractivity contribution is -0.129. The molecule has 3 N–H and O–H groups in total. The number of hydrogen-bond donors (Lipinski definition) is 3. The van der Waals surface area contributed by atoms with Gasteiger partial charge in [0.25, 0.3) is 5.91 Å². The fourth-order valence-electron chi connectivity index (χ4n) is 1.27. The van der Waals surface area contributed by atoms with Gasteiger partial charge in [-0.15, -0.1) is 0 Å². The van der Waals surface area contributed by atoms with Crippen molar-refractivity contribution in [1.29, 1.82) is 0 Å². The molecule has 20 heavy (non-hydrogen) atoms. The molecule has 0 fully saturated rings. The van der Waals surface area contributed by atoms with E-state index < -0.39 is 23.7 Å². The van der Waals surface area contributed by atoms with E-state index in [9.17, 15) is 14.7 Å². The van der Waals surface area contributed by atoms with Gasteiger partial charge in [-0.3, -0.25) is 4.79 Å². The first-order chi connectivity index (χ1) is 8.91.